The molecule has 3 N–H and O–H groups in total. The van der Waals surface area contributed by atoms with E-state index in [4.69, 9.17) is 0 Å². The van der Waals surface area contributed by atoms with Gasteiger partial charge in [-0.1, -0.05) is 24.3 Å². The molecule has 0 saturated carbocycles. The Morgan fingerprint density at radius 3 is 2.34 bits per heavy atom. The highest BCUT2D eigenvalue weighted by Gasteiger charge is 2.13. The van der Waals surface area contributed by atoms with Crippen molar-refractivity contribution in [1.29, 1.82) is 0 Å². The van der Waals surface area contributed by atoms with Crippen molar-refractivity contribution >= 4 is 27.5 Å². The van der Waals surface area contributed by atoms with Crippen LogP contribution in [0.2, 0.25) is 0 Å². The molecule has 2 heterocycles. The first-order valence-corrected chi connectivity index (χ1v) is 10.5. The smallest absolute Gasteiger partial charge is 0.215 e. The molecule has 1 aromatic carbocycles. The van der Waals surface area contributed by atoms with Crippen molar-refractivity contribution in [2.75, 3.05) is 23.7 Å². The first-order valence-electron chi connectivity index (χ1n) is 8.89. The predicted octanol–water partition coefficient (Wildman–Crippen LogP) is 2.59. The summed E-state index contributed by atoms with van der Waals surface area (Å²) in [6, 6.07) is 13.0. The van der Waals surface area contributed by atoms with Gasteiger partial charge in [-0.05, 0) is 36.8 Å². The molecule has 0 radical (unpaired) electrons. The predicted molar refractivity (Wildman–Crippen MR) is 110 cm³/mol. The van der Waals surface area contributed by atoms with Gasteiger partial charge in [-0.25, -0.2) is 22.5 Å². The second-order valence-electron chi connectivity index (χ2n) is 6.32. The summed E-state index contributed by atoms with van der Waals surface area (Å²) in [5.74, 6) is 0.751. The fraction of sp³-hybridized carbons (Fsp3) is 0.211. The molecule has 0 saturated heterocycles. The fourth-order valence-corrected chi connectivity index (χ4v) is 3.59. The van der Waals surface area contributed by atoms with Gasteiger partial charge in [0, 0.05) is 24.8 Å². The molecule has 8 nitrogen and oxygen atoms in total. The van der Waals surface area contributed by atoms with Gasteiger partial charge in [-0.3, -0.25) is 0 Å². The van der Waals surface area contributed by atoms with E-state index in [1.54, 1.807) is 24.4 Å². The number of rotatable bonds is 9. The standard InChI is InChI=1S/C19H21FN6O2S/c1-14-6-7-17(22-12-14)24-19-9-8-18(25-26-19)21-10-11-23-29(27,28)13-15-4-2-3-5-16(15)20/h2-9,12,23H,10-11,13H2,1H3,(H,21,25)(H,22,24,26). The van der Waals surface area contributed by atoms with E-state index in [1.165, 1.54) is 18.2 Å². The third-order valence-corrected chi connectivity index (χ3v) is 5.22. The second kappa shape index (κ2) is 9.39. The maximum atomic E-state index is 13.6. The maximum absolute atomic E-state index is 13.6. The number of nitrogens with one attached hydrogen (secondary N) is 3. The summed E-state index contributed by atoms with van der Waals surface area (Å²) in [6.07, 6.45) is 1.75. The van der Waals surface area contributed by atoms with Gasteiger partial charge in [0.2, 0.25) is 10.0 Å². The van der Waals surface area contributed by atoms with E-state index >= 15 is 0 Å². The van der Waals surface area contributed by atoms with Crippen LogP contribution in [0.5, 0.6) is 0 Å². The monoisotopic (exact) mass is 416 g/mol. The maximum Gasteiger partial charge on any atom is 0.215 e. The Balaban J connectivity index is 1.44. The number of sulfonamides is 1. The average Bonchev–Trinajstić information content (AvgIpc) is 2.70. The lowest BCUT2D eigenvalue weighted by Crippen LogP contribution is -2.30. The summed E-state index contributed by atoms with van der Waals surface area (Å²) in [5, 5.41) is 14.1. The summed E-state index contributed by atoms with van der Waals surface area (Å²) in [5.41, 5.74) is 1.19. The van der Waals surface area contributed by atoms with E-state index in [9.17, 15) is 12.8 Å². The van der Waals surface area contributed by atoms with Crippen LogP contribution in [0, 0.1) is 12.7 Å². The van der Waals surface area contributed by atoms with Crippen LogP contribution in [-0.4, -0.2) is 36.7 Å². The molecule has 10 heteroatoms. The van der Waals surface area contributed by atoms with Crippen LogP contribution >= 0.6 is 0 Å². The van der Waals surface area contributed by atoms with E-state index in [0.29, 0.717) is 24.0 Å². The molecule has 0 aliphatic heterocycles. The van der Waals surface area contributed by atoms with Crippen LogP contribution in [-0.2, 0) is 15.8 Å². The van der Waals surface area contributed by atoms with Gasteiger partial charge in [0.05, 0.1) is 5.75 Å². The first-order chi connectivity index (χ1) is 13.9. The minimum atomic E-state index is -3.64. The summed E-state index contributed by atoms with van der Waals surface area (Å²) in [7, 11) is -3.64. The molecule has 2 aromatic heterocycles. The molecule has 0 aliphatic carbocycles. The zero-order valence-electron chi connectivity index (χ0n) is 15.8. The second-order valence-corrected chi connectivity index (χ2v) is 8.13. The van der Waals surface area contributed by atoms with Crippen molar-refractivity contribution in [3.63, 3.8) is 0 Å². The third kappa shape index (κ3) is 6.47. The van der Waals surface area contributed by atoms with Gasteiger partial charge in [0.1, 0.15) is 17.5 Å². The highest BCUT2D eigenvalue weighted by molar-refractivity contribution is 7.88. The molecule has 0 aliphatic rings. The zero-order chi connectivity index (χ0) is 20.7. The molecule has 0 bridgehead atoms. The van der Waals surface area contributed by atoms with E-state index in [0.717, 1.165) is 5.56 Å². The fourth-order valence-electron chi connectivity index (χ4n) is 2.43. The normalized spacial score (nSPS) is 11.2. The number of hydrogen-bond acceptors (Lipinski definition) is 7. The quantitative estimate of drug-likeness (QED) is 0.460. The van der Waals surface area contributed by atoms with E-state index in [2.05, 4.69) is 30.5 Å². The molecule has 29 heavy (non-hydrogen) atoms. The largest absolute Gasteiger partial charge is 0.367 e. The van der Waals surface area contributed by atoms with Gasteiger partial charge >= 0.3 is 0 Å². The lowest BCUT2D eigenvalue weighted by molar-refractivity contribution is 0.575. The number of nitrogens with zero attached hydrogens (tertiary/aromatic N) is 3. The summed E-state index contributed by atoms with van der Waals surface area (Å²) in [4.78, 5) is 4.23. The van der Waals surface area contributed by atoms with Crippen LogP contribution in [0.1, 0.15) is 11.1 Å². The van der Waals surface area contributed by atoms with E-state index in [1.807, 2.05) is 19.1 Å². The Morgan fingerprint density at radius 1 is 0.931 bits per heavy atom. The van der Waals surface area contributed by atoms with E-state index < -0.39 is 21.6 Å². The molecular weight excluding hydrogens is 395 g/mol. The Hall–Kier alpha value is -3.11. The van der Waals surface area contributed by atoms with Crippen molar-refractivity contribution in [3.05, 3.63) is 71.7 Å². The Morgan fingerprint density at radius 2 is 1.66 bits per heavy atom. The number of hydrogen-bond donors (Lipinski definition) is 3. The number of anilines is 3. The van der Waals surface area contributed by atoms with Crippen LogP contribution in [0.3, 0.4) is 0 Å². The van der Waals surface area contributed by atoms with Crippen LogP contribution in [0.25, 0.3) is 0 Å². The molecule has 0 unspecified atom stereocenters. The number of aryl methyl sites for hydroxylation is 1. The number of halogens is 1. The topological polar surface area (TPSA) is 109 Å². The number of aromatic nitrogens is 3. The molecule has 0 amide bonds. The lowest BCUT2D eigenvalue weighted by atomic mass is 10.2. The third-order valence-electron chi connectivity index (χ3n) is 3.89. The van der Waals surface area contributed by atoms with E-state index in [-0.39, 0.29) is 12.1 Å². The first kappa shape index (κ1) is 20.6. The highest BCUT2D eigenvalue weighted by Crippen LogP contribution is 2.13. The van der Waals surface area contributed by atoms with Crippen molar-refractivity contribution in [1.82, 2.24) is 19.9 Å². The van der Waals surface area contributed by atoms with Gasteiger partial charge in [-0.15, -0.1) is 10.2 Å². The van der Waals surface area contributed by atoms with Crippen LogP contribution < -0.4 is 15.4 Å². The molecule has 3 rings (SSSR count). The summed E-state index contributed by atoms with van der Waals surface area (Å²) < 4.78 is 40.1. The van der Waals surface area contributed by atoms with Crippen molar-refractivity contribution in [2.24, 2.45) is 0 Å². The average molecular weight is 416 g/mol. The summed E-state index contributed by atoms with van der Waals surface area (Å²) >= 11 is 0. The minimum absolute atomic E-state index is 0.130. The Kier molecular flexibility index (Phi) is 6.68. The lowest BCUT2D eigenvalue weighted by Gasteiger charge is -2.09. The molecular formula is C19H21FN6O2S. The van der Waals surface area contributed by atoms with Crippen molar-refractivity contribution < 1.29 is 12.8 Å². The Bertz CT molecular complexity index is 1040. The molecule has 0 fully saturated rings. The van der Waals surface area contributed by atoms with Crippen molar-refractivity contribution in [3.8, 4) is 0 Å². The molecule has 152 valence electrons. The highest BCUT2D eigenvalue weighted by atomic mass is 32.2. The van der Waals surface area contributed by atoms with Gasteiger partial charge in [0.15, 0.2) is 5.82 Å². The van der Waals surface area contributed by atoms with Gasteiger partial charge in [-0.2, -0.15) is 0 Å². The molecule has 3 aromatic rings. The SMILES string of the molecule is Cc1ccc(Nc2ccc(NCCNS(=O)(=O)Cc3ccccc3F)nn2)nc1. The zero-order valence-corrected chi connectivity index (χ0v) is 16.6. The molecule has 0 atom stereocenters. The minimum Gasteiger partial charge on any atom is -0.367 e. The summed E-state index contributed by atoms with van der Waals surface area (Å²) in [6.45, 7) is 2.39. The van der Waals surface area contributed by atoms with Crippen LogP contribution in [0.4, 0.5) is 21.8 Å². The van der Waals surface area contributed by atoms with Gasteiger partial charge < -0.3 is 10.6 Å². The Labute approximate surface area is 168 Å². The number of benzene rings is 1. The molecule has 0 spiro atoms. The van der Waals surface area contributed by atoms with Gasteiger partial charge in [0.25, 0.3) is 0 Å². The number of pyridine rings is 1. The van der Waals surface area contributed by atoms with Crippen molar-refractivity contribution in [2.45, 2.75) is 12.7 Å². The van der Waals surface area contributed by atoms with Crippen LogP contribution in [0.15, 0.2) is 54.7 Å².